The van der Waals surface area contributed by atoms with Crippen molar-refractivity contribution in [1.29, 1.82) is 0 Å². The monoisotopic (exact) mass is 439 g/mol. The van der Waals surface area contributed by atoms with Crippen LogP contribution in [0.1, 0.15) is 27.2 Å². The lowest BCUT2D eigenvalue weighted by molar-refractivity contribution is -0.127. The maximum atomic E-state index is 13.5. The highest BCUT2D eigenvalue weighted by atomic mass is 16.3. The molecule has 2 aromatic heterocycles. The zero-order valence-electron chi connectivity index (χ0n) is 18.7. The molecule has 5 rings (SSSR count). The molecule has 1 saturated heterocycles. The number of nitrogens with one attached hydrogen (secondary N) is 1. The fourth-order valence-corrected chi connectivity index (χ4v) is 4.42. The van der Waals surface area contributed by atoms with Gasteiger partial charge in [-0.1, -0.05) is 42.0 Å². The van der Waals surface area contributed by atoms with Crippen molar-refractivity contribution in [1.82, 2.24) is 15.2 Å². The molecular formula is C27H25N3O3. The van der Waals surface area contributed by atoms with E-state index in [1.165, 1.54) is 0 Å². The first-order valence-corrected chi connectivity index (χ1v) is 11.1. The van der Waals surface area contributed by atoms with Gasteiger partial charge in [0.1, 0.15) is 11.6 Å². The summed E-state index contributed by atoms with van der Waals surface area (Å²) in [5.41, 5.74) is 5.68. The number of aryl methyl sites for hydroxylation is 2. The summed E-state index contributed by atoms with van der Waals surface area (Å²) >= 11 is 0. The van der Waals surface area contributed by atoms with E-state index in [0.717, 1.165) is 33.2 Å². The normalized spacial score (nSPS) is 16.1. The fourth-order valence-electron chi connectivity index (χ4n) is 4.42. The van der Waals surface area contributed by atoms with E-state index in [2.05, 4.69) is 10.3 Å². The molecule has 0 aliphatic carbocycles. The second kappa shape index (κ2) is 8.54. The molecule has 0 unspecified atom stereocenters. The smallest absolute Gasteiger partial charge is 0.290 e. The molecule has 0 radical (unpaired) electrons. The van der Waals surface area contributed by atoms with Gasteiger partial charge in [0.2, 0.25) is 5.91 Å². The first kappa shape index (κ1) is 20.9. The Kier molecular flexibility index (Phi) is 5.42. The molecule has 1 N–H and O–H groups in total. The first-order chi connectivity index (χ1) is 16.0. The van der Waals surface area contributed by atoms with Crippen molar-refractivity contribution in [2.24, 2.45) is 0 Å². The summed E-state index contributed by atoms with van der Waals surface area (Å²) in [5, 5.41) is 3.84. The van der Waals surface area contributed by atoms with Crippen LogP contribution in [0.15, 0.2) is 71.4 Å². The molecular weight excluding hydrogens is 414 g/mol. The molecule has 33 heavy (non-hydrogen) atoms. The third-order valence-corrected chi connectivity index (χ3v) is 6.26. The van der Waals surface area contributed by atoms with E-state index in [1.807, 2.05) is 74.6 Å². The van der Waals surface area contributed by atoms with Gasteiger partial charge in [-0.3, -0.25) is 14.6 Å². The van der Waals surface area contributed by atoms with Crippen molar-refractivity contribution in [3.63, 3.8) is 0 Å². The average Bonchev–Trinajstić information content (AvgIpc) is 3.16. The number of hydrogen-bond donors (Lipinski definition) is 1. The van der Waals surface area contributed by atoms with Crippen molar-refractivity contribution >= 4 is 22.8 Å². The Labute approximate surface area is 192 Å². The fraction of sp³-hybridized carbons (Fsp3) is 0.222. The van der Waals surface area contributed by atoms with E-state index in [1.54, 1.807) is 11.1 Å². The number of benzene rings is 2. The molecule has 0 saturated carbocycles. The van der Waals surface area contributed by atoms with Crippen LogP contribution >= 0.6 is 0 Å². The van der Waals surface area contributed by atoms with Gasteiger partial charge in [0, 0.05) is 42.9 Å². The van der Waals surface area contributed by atoms with Gasteiger partial charge in [0.05, 0.1) is 0 Å². The SMILES string of the molecule is Cc1ccc2oc(C(=O)N3CCNC(=O)[C@H]3Cc3ccc(-c4cccnc4)cc3)c(C)c2c1. The minimum atomic E-state index is -0.593. The molecule has 1 fully saturated rings. The average molecular weight is 440 g/mol. The summed E-state index contributed by atoms with van der Waals surface area (Å²) in [4.78, 5) is 32.1. The van der Waals surface area contributed by atoms with E-state index < -0.39 is 6.04 Å². The summed E-state index contributed by atoms with van der Waals surface area (Å²) < 4.78 is 5.94. The summed E-state index contributed by atoms with van der Waals surface area (Å²) in [5.74, 6) is -0.0778. The summed E-state index contributed by atoms with van der Waals surface area (Å²) in [7, 11) is 0. The zero-order chi connectivity index (χ0) is 22.9. The van der Waals surface area contributed by atoms with Gasteiger partial charge in [0.25, 0.3) is 5.91 Å². The maximum absolute atomic E-state index is 13.5. The number of furan rings is 1. The van der Waals surface area contributed by atoms with Crippen LogP contribution in [-0.4, -0.2) is 40.8 Å². The van der Waals surface area contributed by atoms with E-state index in [4.69, 9.17) is 4.42 Å². The molecule has 1 atom stereocenters. The number of pyridine rings is 1. The predicted octanol–water partition coefficient (Wildman–Crippen LogP) is 4.29. The second-order valence-corrected chi connectivity index (χ2v) is 8.50. The summed E-state index contributed by atoms with van der Waals surface area (Å²) in [6.07, 6.45) is 4.00. The Morgan fingerprint density at radius 3 is 2.70 bits per heavy atom. The number of aromatic nitrogens is 1. The quantitative estimate of drug-likeness (QED) is 0.515. The first-order valence-electron chi connectivity index (χ1n) is 11.1. The topological polar surface area (TPSA) is 75.4 Å². The largest absolute Gasteiger partial charge is 0.451 e. The van der Waals surface area contributed by atoms with Crippen LogP contribution in [0.2, 0.25) is 0 Å². The number of rotatable bonds is 4. The summed E-state index contributed by atoms with van der Waals surface area (Å²) in [6, 6.07) is 17.2. The van der Waals surface area contributed by atoms with E-state index >= 15 is 0 Å². The minimum absolute atomic E-state index is 0.143. The van der Waals surface area contributed by atoms with Crippen LogP contribution in [0.5, 0.6) is 0 Å². The Morgan fingerprint density at radius 1 is 1.12 bits per heavy atom. The number of nitrogens with zero attached hydrogens (tertiary/aromatic N) is 2. The standard InChI is InChI=1S/C27H25N3O3/c1-17-5-10-24-22(14-17)18(2)25(33-24)27(32)30-13-12-29-26(31)23(30)15-19-6-8-20(9-7-19)21-4-3-11-28-16-21/h3-11,14,16,23H,12-13,15H2,1-2H3,(H,29,31)/t23-/m1/s1. The zero-order valence-corrected chi connectivity index (χ0v) is 18.7. The van der Waals surface area contributed by atoms with Crippen LogP contribution < -0.4 is 5.32 Å². The Hall–Kier alpha value is -3.93. The molecule has 1 aliphatic rings. The highest BCUT2D eigenvalue weighted by molar-refractivity contribution is 6.01. The number of fused-ring (bicyclic) bond motifs is 1. The molecule has 0 bridgehead atoms. The van der Waals surface area contributed by atoms with Crippen LogP contribution in [0.25, 0.3) is 22.1 Å². The molecule has 2 aromatic carbocycles. The third-order valence-electron chi connectivity index (χ3n) is 6.26. The van der Waals surface area contributed by atoms with Crippen molar-refractivity contribution in [3.05, 3.63) is 89.4 Å². The lowest BCUT2D eigenvalue weighted by Crippen LogP contribution is -2.58. The van der Waals surface area contributed by atoms with Crippen LogP contribution in [0.4, 0.5) is 0 Å². The molecule has 4 aromatic rings. The number of amides is 2. The van der Waals surface area contributed by atoms with Gasteiger partial charge in [-0.25, -0.2) is 0 Å². The van der Waals surface area contributed by atoms with Gasteiger partial charge in [-0.15, -0.1) is 0 Å². The molecule has 1 aliphatic heterocycles. The second-order valence-electron chi connectivity index (χ2n) is 8.50. The Balaban J connectivity index is 1.41. The molecule has 166 valence electrons. The molecule has 3 heterocycles. The van der Waals surface area contributed by atoms with Crippen LogP contribution in [-0.2, 0) is 11.2 Å². The molecule has 2 amide bonds. The van der Waals surface area contributed by atoms with Crippen molar-refractivity contribution in [2.45, 2.75) is 26.3 Å². The van der Waals surface area contributed by atoms with Crippen molar-refractivity contribution in [3.8, 4) is 11.1 Å². The van der Waals surface area contributed by atoms with E-state index in [-0.39, 0.29) is 11.8 Å². The molecule has 6 heteroatoms. The van der Waals surface area contributed by atoms with E-state index in [0.29, 0.717) is 30.9 Å². The van der Waals surface area contributed by atoms with E-state index in [9.17, 15) is 9.59 Å². The minimum Gasteiger partial charge on any atom is -0.451 e. The summed E-state index contributed by atoms with van der Waals surface area (Å²) in [6.45, 7) is 4.78. The highest BCUT2D eigenvalue weighted by Crippen LogP contribution is 2.28. The van der Waals surface area contributed by atoms with Gasteiger partial charge in [-0.05, 0) is 48.7 Å². The van der Waals surface area contributed by atoms with Gasteiger partial charge < -0.3 is 14.6 Å². The van der Waals surface area contributed by atoms with Crippen LogP contribution in [0, 0.1) is 13.8 Å². The third kappa shape index (κ3) is 4.00. The number of carbonyl (C=O) groups excluding carboxylic acids is 2. The van der Waals surface area contributed by atoms with Crippen molar-refractivity contribution in [2.75, 3.05) is 13.1 Å². The van der Waals surface area contributed by atoms with Gasteiger partial charge in [0.15, 0.2) is 5.76 Å². The predicted molar refractivity (Wildman–Crippen MR) is 127 cm³/mol. The highest BCUT2D eigenvalue weighted by Gasteiger charge is 2.35. The Morgan fingerprint density at radius 2 is 1.94 bits per heavy atom. The van der Waals surface area contributed by atoms with Crippen molar-refractivity contribution < 1.29 is 14.0 Å². The lowest BCUT2D eigenvalue weighted by Gasteiger charge is -2.34. The Bertz CT molecular complexity index is 1330. The molecule has 6 nitrogen and oxygen atoms in total. The number of piperazine rings is 1. The van der Waals surface area contributed by atoms with Gasteiger partial charge >= 0.3 is 0 Å². The lowest BCUT2D eigenvalue weighted by atomic mass is 9.99. The van der Waals surface area contributed by atoms with Gasteiger partial charge in [-0.2, -0.15) is 0 Å². The number of hydrogen-bond acceptors (Lipinski definition) is 4. The van der Waals surface area contributed by atoms with Crippen LogP contribution in [0.3, 0.4) is 0 Å². The maximum Gasteiger partial charge on any atom is 0.290 e. The molecule has 0 spiro atoms. The number of carbonyl (C=O) groups is 2.